The van der Waals surface area contributed by atoms with Crippen LogP contribution in [0.2, 0.25) is 0 Å². The van der Waals surface area contributed by atoms with Crippen LogP contribution in [0.4, 0.5) is 0 Å². The zero-order valence-corrected chi connectivity index (χ0v) is 21.1. The van der Waals surface area contributed by atoms with Crippen molar-refractivity contribution in [2.24, 2.45) is 52.3 Å². The smallest absolute Gasteiger partial charge is 0.0971 e. The highest BCUT2D eigenvalue weighted by molar-refractivity contribution is 5.19. The van der Waals surface area contributed by atoms with Crippen molar-refractivity contribution in [2.45, 2.75) is 124 Å². The second-order valence-corrected chi connectivity index (χ2v) is 13.4. The Morgan fingerprint density at radius 2 is 1.45 bits per heavy atom. The molecular weight excluding hydrogens is 384 g/mol. The van der Waals surface area contributed by atoms with E-state index >= 15 is 0 Å². The van der Waals surface area contributed by atoms with Gasteiger partial charge < -0.3 is 15.3 Å². The van der Waals surface area contributed by atoms with Gasteiger partial charge in [0.1, 0.15) is 0 Å². The third-order valence-corrected chi connectivity index (χ3v) is 11.7. The molecule has 0 radical (unpaired) electrons. The lowest BCUT2D eigenvalue weighted by atomic mass is 9.42. The molecular formula is C28H50O3. The van der Waals surface area contributed by atoms with E-state index in [4.69, 9.17) is 0 Å². The third kappa shape index (κ3) is 3.64. The Morgan fingerprint density at radius 3 is 2.13 bits per heavy atom. The zero-order chi connectivity index (χ0) is 22.8. The molecule has 0 heterocycles. The predicted molar refractivity (Wildman–Crippen MR) is 126 cm³/mol. The third-order valence-electron chi connectivity index (χ3n) is 11.7. The minimum absolute atomic E-state index is 0.0605. The Balaban J connectivity index is 1.56. The summed E-state index contributed by atoms with van der Waals surface area (Å²) in [5.41, 5.74) is -0.741. The number of aliphatic hydroxyl groups is 3. The standard InChI is InChI=1S/C28H50O3/c1-17(2)18(3)7-8-19(4)22-9-10-23-27(22,6)14-12-24-26(5)13-11-21(29)15-20(26)16-25(30)28(23,24)31/h17-25,29-31H,7-16H2,1-6H3/t18-,19+,20+,21+,22-,23+,24+,25+,26+,27+,28-/m0/s1. The first kappa shape index (κ1) is 24.0. The van der Waals surface area contributed by atoms with Gasteiger partial charge >= 0.3 is 0 Å². The SMILES string of the molecule is CC(C)[C@@H](C)CC[C@@H](C)[C@@H]1CC[C@@H]2[C@]1(C)CC[C@@H]1[C@]3(C)CC[C@@H](O)C[C@@H]3C[C@@H](O)[C@]21O. The fourth-order valence-corrected chi connectivity index (χ4v) is 9.31. The van der Waals surface area contributed by atoms with Crippen LogP contribution in [-0.2, 0) is 0 Å². The van der Waals surface area contributed by atoms with E-state index in [1.807, 2.05) is 0 Å². The van der Waals surface area contributed by atoms with Crippen molar-refractivity contribution in [2.75, 3.05) is 0 Å². The molecule has 0 amide bonds. The summed E-state index contributed by atoms with van der Waals surface area (Å²) in [5, 5.41) is 34.0. The second-order valence-electron chi connectivity index (χ2n) is 13.4. The summed E-state index contributed by atoms with van der Waals surface area (Å²) in [5.74, 6) is 3.59. The zero-order valence-electron chi connectivity index (χ0n) is 21.1. The van der Waals surface area contributed by atoms with Gasteiger partial charge in [0.15, 0.2) is 0 Å². The molecule has 0 aromatic heterocycles. The van der Waals surface area contributed by atoms with E-state index in [2.05, 4.69) is 41.5 Å². The van der Waals surface area contributed by atoms with Gasteiger partial charge in [-0.25, -0.2) is 0 Å². The van der Waals surface area contributed by atoms with Crippen LogP contribution in [0.3, 0.4) is 0 Å². The first-order valence-corrected chi connectivity index (χ1v) is 13.5. The summed E-state index contributed by atoms with van der Waals surface area (Å²) in [7, 11) is 0. The first-order valence-electron chi connectivity index (χ1n) is 13.5. The molecule has 0 spiro atoms. The van der Waals surface area contributed by atoms with Crippen molar-refractivity contribution in [3.8, 4) is 0 Å². The van der Waals surface area contributed by atoms with Gasteiger partial charge in [-0.1, -0.05) is 54.4 Å². The summed E-state index contributed by atoms with van der Waals surface area (Å²) >= 11 is 0. The molecule has 180 valence electrons. The number of aliphatic hydroxyl groups excluding tert-OH is 2. The molecule has 3 N–H and O–H groups in total. The van der Waals surface area contributed by atoms with Crippen molar-refractivity contribution < 1.29 is 15.3 Å². The summed E-state index contributed by atoms with van der Waals surface area (Å²) in [4.78, 5) is 0. The second kappa shape index (κ2) is 8.27. The van der Waals surface area contributed by atoms with Gasteiger partial charge in [-0.15, -0.1) is 0 Å². The molecule has 31 heavy (non-hydrogen) atoms. The van der Waals surface area contributed by atoms with Crippen molar-refractivity contribution in [1.29, 1.82) is 0 Å². The highest BCUT2D eigenvalue weighted by Crippen LogP contribution is 2.69. The molecule has 0 aliphatic heterocycles. The Bertz CT molecular complexity index is 648. The van der Waals surface area contributed by atoms with Crippen molar-refractivity contribution in [1.82, 2.24) is 0 Å². The molecule has 0 unspecified atom stereocenters. The highest BCUT2D eigenvalue weighted by atomic mass is 16.3. The minimum atomic E-state index is -0.944. The molecule has 4 aliphatic rings. The van der Waals surface area contributed by atoms with Gasteiger partial charge in [0.2, 0.25) is 0 Å². The molecule has 3 heteroatoms. The number of hydrogen-bond donors (Lipinski definition) is 3. The van der Waals surface area contributed by atoms with E-state index in [0.717, 1.165) is 43.9 Å². The van der Waals surface area contributed by atoms with Crippen LogP contribution in [-0.4, -0.2) is 33.1 Å². The van der Waals surface area contributed by atoms with E-state index in [-0.39, 0.29) is 28.8 Å². The summed E-state index contributed by atoms with van der Waals surface area (Å²) in [6.07, 6.45) is 9.54. The molecule has 4 fully saturated rings. The van der Waals surface area contributed by atoms with E-state index in [9.17, 15) is 15.3 Å². The maximum atomic E-state index is 12.3. The summed E-state index contributed by atoms with van der Waals surface area (Å²) < 4.78 is 0. The number of rotatable bonds is 5. The topological polar surface area (TPSA) is 60.7 Å². The number of fused-ring (bicyclic) bond motifs is 5. The van der Waals surface area contributed by atoms with Crippen molar-refractivity contribution in [3.63, 3.8) is 0 Å². The van der Waals surface area contributed by atoms with Gasteiger partial charge in [-0.2, -0.15) is 0 Å². The van der Waals surface area contributed by atoms with E-state index in [1.54, 1.807) is 0 Å². The molecule has 4 aliphatic carbocycles. The van der Waals surface area contributed by atoms with E-state index < -0.39 is 11.7 Å². The Labute approximate surface area is 191 Å². The first-order chi connectivity index (χ1) is 14.4. The molecule has 4 saturated carbocycles. The fraction of sp³-hybridized carbons (Fsp3) is 1.00. The Kier molecular flexibility index (Phi) is 6.41. The monoisotopic (exact) mass is 434 g/mol. The van der Waals surface area contributed by atoms with E-state index in [1.165, 1.54) is 25.7 Å². The van der Waals surface area contributed by atoms with Crippen LogP contribution < -0.4 is 0 Å². The lowest BCUT2D eigenvalue weighted by Crippen LogP contribution is -2.69. The van der Waals surface area contributed by atoms with Crippen LogP contribution in [0.5, 0.6) is 0 Å². The van der Waals surface area contributed by atoms with Crippen LogP contribution in [0.15, 0.2) is 0 Å². The largest absolute Gasteiger partial charge is 0.393 e. The molecule has 0 saturated heterocycles. The lowest BCUT2D eigenvalue weighted by molar-refractivity contribution is -0.271. The van der Waals surface area contributed by atoms with Crippen molar-refractivity contribution in [3.05, 3.63) is 0 Å². The summed E-state index contributed by atoms with van der Waals surface area (Å²) in [6.45, 7) is 14.3. The van der Waals surface area contributed by atoms with Gasteiger partial charge in [0.05, 0.1) is 17.8 Å². The van der Waals surface area contributed by atoms with Crippen LogP contribution in [0, 0.1) is 52.3 Å². The van der Waals surface area contributed by atoms with Crippen LogP contribution in [0.1, 0.15) is 106 Å². The van der Waals surface area contributed by atoms with Gasteiger partial charge in [0.25, 0.3) is 0 Å². The highest BCUT2D eigenvalue weighted by Gasteiger charge is 2.69. The minimum Gasteiger partial charge on any atom is -0.393 e. The van der Waals surface area contributed by atoms with Crippen LogP contribution >= 0.6 is 0 Å². The Hall–Kier alpha value is -0.120. The molecule has 11 atom stereocenters. The number of hydrogen-bond acceptors (Lipinski definition) is 3. The molecule has 4 rings (SSSR count). The molecule has 3 nitrogen and oxygen atoms in total. The molecule has 0 aromatic carbocycles. The molecule has 0 aromatic rings. The average Bonchev–Trinajstić information content (AvgIpc) is 3.06. The quantitative estimate of drug-likeness (QED) is 0.512. The van der Waals surface area contributed by atoms with Crippen molar-refractivity contribution >= 4 is 0 Å². The normalized spacial score (nSPS) is 51.7. The maximum absolute atomic E-state index is 12.3. The lowest BCUT2D eigenvalue weighted by Gasteiger charge is -2.66. The molecule has 0 bridgehead atoms. The van der Waals surface area contributed by atoms with Crippen LogP contribution in [0.25, 0.3) is 0 Å². The van der Waals surface area contributed by atoms with Gasteiger partial charge in [-0.05, 0) is 104 Å². The maximum Gasteiger partial charge on any atom is 0.0971 e. The summed E-state index contributed by atoms with van der Waals surface area (Å²) in [6, 6.07) is 0. The van der Waals surface area contributed by atoms with Gasteiger partial charge in [-0.3, -0.25) is 0 Å². The Morgan fingerprint density at radius 1 is 0.806 bits per heavy atom. The van der Waals surface area contributed by atoms with Gasteiger partial charge in [0, 0.05) is 0 Å². The fourth-order valence-electron chi connectivity index (χ4n) is 9.31. The average molecular weight is 435 g/mol. The predicted octanol–water partition coefficient (Wildman–Crippen LogP) is 5.80. The van der Waals surface area contributed by atoms with E-state index in [0.29, 0.717) is 24.2 Å².